The lowest BCUT2D eigenvalue weighted by molar-refractivity contribution is -0.159. The van der Waals surface area contributed by atoms with Crippen molar-refractivity contribution in [3.05, 3.63) is 65.5 Å². The Bertz CT molecular complexity index is 963. The first-order valence-electron chi connectivity index (χ1n) is 9.98. The maximum absolute atomic E-state index is 13.3. The molecule has 0 spiro atoms. The molecule has 0 aliphatic carbocycles. The zero-order valence-corrected chi connectivity index (χ0v) is 16.5. The largest absolute Gasteiger partial charge is 0.459 e. The van der Waals surface area contributed by atoms with Gasteiger partial charge in [-0.05, 0) is 60.8 Å². The minimum Gasteiger partial charge on any atom is -0.459 e. The molecule has 1 N–H and O–H groups in total. The van der Waals surface area contributed by atoms with Gasteiger partial charge in [0.25, 0.3) is 0 Å². The van der Waals surface area contributed by atoms with E-state index >= 15 is 0 Å². The van der Waals surface area contributed by atoms with Crippen LogP contribution in [0, 0.1) is 5.92 Å². The summed E-state index contributed by atoms with van der Waals surface area (Å²) < 4.78 is 7.28. The molecule has 3 aliphatic rings. The van der Waals surface area contributed by atoms with Crippen molar-refractivity contribution in [2.45, 2.75) is 25.0 Å². The lowest BCUT2D eigenvalue weighted by atomic mass is 9.86. The van der Waals surface area contributed by atoms with Crippen LogP contribution in [0.15, 0.2) is 60.0 Å². The van der Waals surface area contributed by atoms with Crippen molar-refractivity contribution in [2.75, 3.05) is 25.0 Å². The highest BCUT2D eigenvalue weighted by molar-refractivity contribution is 7.17. The van der Waals surface area contributed by atoms with Crippen LogP contribution >= 0.6 is 11.3 Å². The molecule has 2 aromatic carbocycles. The Balaban J connectivity index is 1.44. The number of anilines is 1. The maximum Gasteiger partial charge on any atom is 0.333 e. The molecule has 2 unspecified atom stereocenters. The smallest absolute Gasteiger partial charge is 0.333 e. The number of carbonyl (C=O) groups is 1. The molecule has 4 nitrogen and oxygen atoms in total. The molecular formula is C23H24N2O2S. The van der Waals surface area contributed by atoms with Gasteiger partial charge in [0, 0.05) is 22.5 Å². The predicted octanol–water partition coefficient (Wildman–Crippen LogP) is 4.69. The van der Waals surface area contributed by atoms with Gasteiger partial charge in [0.05, 0.1) is 0 Å². The van der Waals surface area contributed by atoms with E-state index in [4.69, 9.17) is 4.74 Å². The van der Waals surface area contributed by atoms with Gasteiger partial charge in [0.1, 0.15) is 6.10 Å². The minimum atomic E-state index is -0.506. The van der Waals surface area contributed by atoms with E-state index in [1.807, 2.05) is 42.5 Å². The number of rotatable bonds is 5. The van der Waals surface area contributed by atoms with Gasteiger partial charge in [-0.2, -0.15) is 0 Å². The molecule has 2 atom stereocenters. The van der Waals surface area contributed by atoms with Gasteiger partial charge in [0.15, 0.2) is 6.04 Å². The number of esters is 1. The lowest BCUT2D eigenvalue weighted by Crippen LogP contribution is -2.52. The maximum atomic E-state index is 13.3. The standard InChI is InChI=1S/C23H24N2O2S/c26-23(27-20-14-25-12-10-16(20)11-13-25)22(24-17-6-2-1-3-7-17)19-15-28-21-9-5-4-8-18(19)21/h1-9,15-16,20,22,24H,10-14H2. The molecule has 4 heterocycles. The van der Waals surface area contributed by atoms with Gasteiger partial charge >= 0.3 is 5.97 Å². The van der Waals surface area contributed by atoms with Crippen molar-refractivity contribution in [3.8, 4) is 0 Å². The van der Waals surface area contributed by atoms with Crippen molar-refractivity contribution in [2.24, 2.45) is 5.92 Å². The first-order chi connectivity index (χ1) is 13.8. The van der Waals surface area contributed by atoms with Gasteiger partial charge in [-0.3, -0.25) is 4.90 Å². The van der Waals surface area contributed by atoms with Crippen LogP contribution in [0.2, 0.25) is 0 Å². The molecule has 0 amide bonds. The van der Waals surface area contributed by atoms with Crippen LogP contribution in [-0.4, -0.2) is 36.6 Å². The van der Waals surface area contributed by atoms with E-state index in [1.165, 1.54) is 4.70 Å². The summed E-state index contributed by atoms with van der Waals surface area (Å²) in [5, 5.41) is 6.63. The molecular weight excluding hydrogens is 368 g/mol. The second kappa shape index (κ2) is 7.57. The molecule has 0 saturated carbocycles. The number of para-hydroxylation sites is 1. The fourth-order valence-electron chi connectivity index (χ4n) is 4.45. The summed E-state index contributed by atoms with van der Waals surface area (Å²) >= 11 is 1.67. The molecule has 3 aromatic rings. The van der Waals surface area contributed by atoms with Crippen LogP contribution in [0.1, 0.15) is 24.4 Å². The Labute approximate surface area is 169 Å². The van der Waals surface area contributed by atoms with E-state index in [1.54, 1.807) is 11.3 Å². The fourth-order valence-corrected chi connectivity index (χ4v) is 5.44. The van der Waals surface area contributed by atoms with E-state index in [9.17, 15) is 4.79 Å². The average Bonchev–Trinajstić information content (AvgIpc) is 3.17. The van der Waals surface area contributed by atoms with E-state index in [0.717, 1.165) is 49.1 Å². The zero-order valence-electron chi connectivity index (χ0n) is 15.7. The van der Waals surface area contributed by atoms with Gasteiger partial charge in [-0.1, -0.05) is 36.4 Å². The summed E-state index contributed by atoms with van der Waals surface area (Å²) in [5.74, 6) is 0.330. The van der Waals surface area contributed by atoms with Gasteiger partial charge in [0.2, 0.25) is 0 Å². The Hall–Kier alpha value is -2.37. The van der Waals surface area contributed by atoms with Crippen LogP contribution in [0.25, 0.3) is 10.1 Å². The third-order valence-corrected chi connectivity index (χ3v) is 6.99. The highest BCUT2D eigenvalue weighted by Crippen LogP contribution is 2.35. The second-order valence-corrected chi connectivity index (χ2v) is 8.66. The Kier molecular flexibility index (Phi) is 4.79. The normalized spacial score (nSPS) is 24.8. The first kappa shape index (κ1) is 17.7. The van der Waals surface area contributed by atoms with Crippen LogP contribution in [-0.2, 0) is 9.53 Å². The Morgan fingerprint density at radius 1 is 1.07 bits per heavy atom. The summed E-state index contributed by atoms with van der Waals surface area (Å²) in [5.41, 5.74) is 1.92. The fraction of sp³-hybridized carbons (Fsp3) is 0.348. The number of fused-ring (bicyclic) bond motifs is 4. The van der Waals surface area contributed by atoms with E-state index in [-0.39, 0.29) is 12.1 Å². The molecule has 144 valence electrons. The molecule has 28 heavy (non-hydrogen) atoms. The summed E-state index contributed by atoms with van der Waals surface area (Å²) in [4.78, 5) is 15.7. The van der Waals surface area contributed by atoms with Gasteiger partial charge < -0.3 is 10.1 Å². The minimum absolute atomic E-state index is 0.0139. The molecule has 3 fully saturated rings. The van der Waals surface area contributed by atoms with Crippen molar-refractivity contribution < 1.29 is 9.53 Å². The quantitative estimate of drug-likeness (QED) is 0.640. The predicted molar refractivity (Wildman–Crippen MR) is 114 cm³/mol. The highest BCUT2D eigenvalue weighted by atomic mass is 32.1. The van der Waals surface area contributed by atoms with Crippen LogP contribution in [0.3, 0.4) is 0 Å². The van der Waals surface area contributed by atoms with Crippen molar-refractivity contribution in [1.29, 1.82) is 0 Å². The molecule has 3 saturated heterocycles. The third kappa shape index (κ3) is 3.40. The lowest BCUT2D eigenvalue weighted by Gasteiger charge is -2.44. The number of benzene rings is 2. The highest BCUT2D eigenvalue weighted by Gasteiger charge is 2.38. The molecule has 5 heteroatoms. The van der Waals surface area contributed by atoms with Crippen molar-refractivity contribution in [1.82, 2.24) is 4.90 Å². The summed E-state index contributed by atoms with van der Waals surface area (Å²) in [7, 11) is 0. The first-order valence-corrected chi connectivity index (χ1v) is 10.9. The molecule has 1 aromatic heterocycles. The van der Waals surface area contributed by atoms with Crippen LogP contribution in [0.4, 0.5) is 5.69 Å². The molecule has 0 radical (unpaired) electrons. The van der Waals surface area contributed by atoms with Crippen molar-refractivity contribution >= 4 is 33.1 Å². The topological polar surface area (TPSA) is 41.6 Å². The molecule has 6 rings (SSSR count). The van der Waals surface area contributed by atoms with E-state index in [2.05, 4.69) is 27.7 Å². The van der Waals surface area contributed by atoms with Crippen LogP contribution < -0.4 is 5.32 Å². The Morgan fingerprint density at radius 2 is 1.82 bits per heavy atom. The van der Waals surface area contributed by atoms with E-state index in [0.29, 0.717) is 5.92 Å². The van der Waals surface area contributed by atoms with Crippen LogP contribution in [0.5, 0.6) is 0 Å². The number of thiophene rings is 1. The number of hydrogen-bond donors (Lipinski definition) is 1. The average molecular weight is 393 g/mol. The Morgan fingerprint density at radius 3 is 2.57 bits per heavy atom. The number of carbonyl (C=O) groups excluding carboxylic acids is 1. The summed E-state index contributed by atoms with van der Waals surface area (Å²) in [6.07, 6.45) is 2.28. The van der Waals surface area contributed by atoms with Crippen molar-refractivity contribution in [3.63, 3.8) is 0 Å². The monoisotopic (exact) mass is 392 g/mol. The third-order valence-electron chi connectivity index (χ3n) is 6.01. The van der Waals surface area contributed by atoms with Gasteiger partial charge in [-0.25, -0.2) is 4.79 Å². The summed E-state index contributed by atoms with van der Waals surface area (Å²) in [6.45, 7) is 3.15. The zero-order chi connectivity index (χ0) is 18.9. The number of ether oxygens (including phenoxy) is 1. The van der Waals surface area contributed by atoms with Gasteiger partial charge in [-0.15, -0.1) is 11.3 Å². The number of piperidine rings is 3. The number of nitrogens with one attached hydrogen (secondary N) is 1. The summed E-state index contributed by atoms with van der Waals surface area (Å²) in [6, 6.07) is 17.6. The number of hydrogen-bond acceptors (Lipinski definition) is 5. The second-order valence-electron chi connectivity index (χ2n) is 7.74. The molecule has 2 bridgehead atoms. The number of nitrogens with zero attached hydrogens (tertiary/aromatic N) is 1. The SMILES string of the molecule is O=C(OC1CN2CCC1CC2)C(Nc1ccccc1)c1csc2ccccc12. The van der Waals surface area contributed by atoms with E-state index < -0.39 is 6.04 Å². The molecule has 3 aliphatic heterocycles.